The van der Waals surface area contributed by atoms with Crippen molar-refractivity contribution in [3.05, 3.63) is 76.8 Å². The molecule has 1 aliphatic heterocycles. The molecule has 0 aromatic heterocycles. The Kier molecular flexibility index (Phi) is 5.99. The van der Waals surface area contributed by atoms with E-state index < -0.39 is 16.1 Å². The average Bonchev–Trinajstić information content (AvgIpc) is 3.18. The van der Waals surface area contributed by atoms with Crippen LogP contribution in [0.15, 0.2) is 65.6 Å². The standard InChI is InChI=1S/C23H21ClN2O5S/c1-14-7-9-17(25-23(27)21-12-15-11-16(24)8-10-19(15)31-21)13-22(14)32(28,29)26-18-5-3-4-6-20(18)30-2/h3-11,13,21,26H,12H2,1-2H3,(H,25,27). The van der Waals surface area contributed by atoms with Gasteiger partial charge >= 0.3 is 0 Å². The summed E-state index contributed by atoms with van der Waals surface area (Å²) in [5.41, 5.74) is 2.05. The van der Waals surface area contributed by atoms with Gasteiger partial charge in [0.2, 0.25) is 0 Å². The summed E-state index contributed by atoms with van der Waals surface area (Å²) in [6, 6.07) is 16.6. The minimum absolute atomic E-state index is 0.0450. The number of aryl methyl sites for hydroxylation is 1. The maximum atomic E-state index is 13.0. The van der Waals surface area contributed by atoms with Gasteiger partial charge in [0.15, 0.2) is 6.10 Å². The third-order valence-corrected chi connectivity index (χ3v) is 6.83. The molecule has 3 aromatic carbocycles. The zero-order chi connectivity index (χ0) is 22.9. The summed E-state index contributed by atoms with van der Waals surface area (Å²) in [5.74, 6) is 0.640. The van der Waals surface area contributed by atoms with Crippen molar-refractivity contribution in [1.29, 1.82) is 0 Å². The normalized spacial score (nSPS) is 14.9. The van der Waals surface area contributed by atoms with Crippen molar-refractivity contribution in [2.45, 2.75) is 24.3 Å². The van der Waals surface area contributed by atoms with Crippen LogP contribution in [0, 0.1) is 6.92 Å². The predicted molar refractivity (Wildman–Crippen MR) is 123 cm³/mol. The van der Waals surface area contributed by atoms with Crippen LogP contribution in [0.1, 0.15) is 11.1 Å². The quantitative estimate of drug-likeness (QED) is 0.554. The first kappa shape index (κ1) is 22.0. The first-order valence-electron chi connectivity index (χ1n) is 9.79. The van der Waals surface area contributed by atoms with E-state index in [1.54, 1.807) is 61.5 Å². The number of carbonyl (C=O) groups is 1. The van der Waals surface area contributed by atoms with Gasteiger partial charge in [-0.05, 0) is 60.5 Å². The molecule has 1 unspecified atom stereocenters. The molecule has 32 heavy (non-hydrogen) atoms. The SMILES string of the molecule is COc1ccccc1NS(=O)(=O)c1cc(NC(=O)C2Cc3cc(Cl)ccc3O2)ccc1C. The molecule has 0 saturated heterocycles. The third kappa shape index (κ3) is 4.51. The second kappa shape index (κ2) is 8.72. The molecule has 166 valence electrons. The van der Waals surface area contributed by atoms with Gasteiger partial charge in [0.25, 0.3) is 15.9 Å². The van der Waals surface area contributed by atoms with Gasteiger partial charge in [-0.15, -0.1) is 0 Å². The molecule has 0 bridgehead atoms. The van der Waals surface area contributed by atoms with E-state index in [4.69, 9.17) is 21.1 Å². The minimum Gasteiger partial charge on any atom is -0.495 e. The second-order valence-corrected chi connectivity index (χ2v) is 9.43. The number of amides is 1. The molecule has 0 radical (unpaired) electrons. The summed E-state index contributed by atoms with van der Waals surface area (Å²) in [5, 5.41) is 3.32. The van der Waals surface area contributed by atoms with Crippen LogP contribution in [0.2, 0.25) is 5.02 Å². The van der Waals surface area contributed by atoms with Crippen LogP contribution in [0.4, 0.5) is 11.4 Å². The maximum Gasteiger partial charge on any atom is 0.265 e. The topological polar surface area (TPSA) is 93.7 Å². The highest BCUT2D eigenvalue weighted by molar-refractivity contribution is 7.92. The van der Waals surface area contributed by atoms with Crippen molar-refractivity contribution >= 4 is 38.9 Å². The Labute approximate surface area is 191 Å². The molecule has 7 nitrogen and oxygen atoms in total. The first-order valence-corrected chi connectivity index (χ1v) is 11.7. The Balaban J connectivity index is 1.53. The minimum atomic E-state index is -3.93. The summed E-state index contributed by atoms with van der Waals surface area (Å²) < 4.78 is 39.6. The molecule has 4 rings (SSSR count). The van der Waals surface area contributed by atoms with Crippen molar-refractivity contribution in [1.82, 2.24) is 0 Å². The predicted octanol–water partition coefficient (Wildman–Crippen LogP) is 4.40. The Morgan fingerprint density at radius 1 is 1.12 bits per heavy atom. The molecule has 3 aromatic rings. The molecule has 0 spiro atoms. The largest absolute Gasteiger partial charge is 0.495 e. The van der Waals surface area contributed by atoms with Crippen molar-refractivity contribution < 1.29 is 22.7 Å². The average molecular weight is 473 g/mol. The maximum absolute atomic E-state index is 13.0. The summed E-state index contributed by atoms with van der Waals surface area (Å²) in [6.45, 7) is 1.68. The highest BCUT2D eigenvalue weighted by Crippen LogP contribution is 2.32. The van der Waals surface area contributed by atoms with Gasteiger partial charge in [-0.1, -0.05) is 29.8 Å². The van der Waals surface area contributed by atoms with E-state index in [-0.39, 0.29) is 10.8 Å². The van der Waals surface area contributed by atoms with Gasteiger partial charge in [0, 0.05) is 17.1 Å². The van der Waals surface area contributed by atoms with Gasteiger partial charge in [-0.3, -0.25) is 9.52 Å². The Bertz CT molecular complexity index is 1290. The van der Waals surface area contributed by atoms with Crippen LogP contribution in [-0.2, 0) is 21.2 Å². The highest BCUT2D eigenvalue weighted by Gasteiger charge is 2.29. The lowest BCUT2D eigenvalue weighted by atomic mass is 10.1. The Morgan fingerprint density at radius 3 is 2.69 bits per heavy atom. The number of sulfonamides is 1. The van der Waals surface area contributed by atoms with E-state index in [2.05, 4.69) is 10.0 Å². The van der Waals surface area contributed by atoms with E-state index in [0.29, 0.717) is 39.9 Å². The van der Waals surface area contributed by atoms with Crippen molar-refractivity contribution in [2.75, 3.05) is 17.1 Å². The number of nitrogens with one attached hydrogen (secondary N) is 2. The Morgan fingerprint density at radius 2 is 1.91 bits per heavy atom. The third-order valence-electron chi connectivity index (χ3n) is 5.09. The van der Waals surface area contributed by atoms with Crippen LogP contribution in [0.5, 0.6) is 11.5 Å². The number of hydrogen-bond donors (Lipinski definition) is 2. The van der Waals surface area contributed by atoms with Gasteiger partial charge in [0.05, 0.1) is 17.7 Å². The van der Waals surface area contributed by atoms with Crippen LogP contribution >= 0.6 is 11.6 Å². The summed E-state index contributed by atoms with van der Waals surface area (Å²) in [6.07, 6.45) is -0.342. The summed E-state index contributed by atoms with van der Waals surface area (Å²) in [4.78, 5) is 12.8. The van der Waals surface area contributed by atoms with E-state index in [1.807, 2.05) is 0 Å². The molecule has 1 atom stereocenters. The molecular weight excluding hydrogens is 452 g/mol. The fourth-order valence-electron chi connectivity index (χ4n) is 3.48. The second-order valence-electron chi connectivity index (χ2n) is 7.34. The number of halogens is 1. The highest BCUT2D eigenvalue weighted by atomic mass is 35.5. The van der Waals surface area contributed by atoms with E-state index in [9.17, 15) is 13.2 Å². The fraction of sp³-hybridized carbons (Fsp3) is 0.174. The van der Waals surface area contributed by atoms with Crippen LogP contribution in [0.3, 0.4) is 0 Å². The zero-order valence-corrected chi connectivity index (χ0v) is 19.0. The number of hydrogen-bond acceptors (Lipinski definition) is 5. The molecular formula is C23H21ClN2O5S. The summed E-state index contributed by atoms with van der Waals surface area (Å²) >= 11 is 6.01. The first-order chi connectivity index (χ1) is 15.3. The molecule has 1 aliphatic rings. The zero-order valence-electron chi connectivity index (χ0n) is 17.4. The van der Waals surface area contributed by atoms with E-state index in [1.165, 1.54) is 13.2 Å². The lowest BCUT2D eigenvalue weighted by molar-refractivity contribution is -0.122. The summed E-state index contributed by atoms with van der Waals surface area (Å²) in [7, 11) is -2.47. The number of para-hydroxylation sites is 2. The van der Waals surface area contributed by atoms with Gasteiger partial charge in [0.1, 0.15) is 11.5 Å². The van der Waals surface area contributed by atoms with Crippen LogP contribution in [-0.4, -0.2) is 27.5 Å². The number of fused-ring (bicyclic) bond motifs is 1. The van der Waals surface area contributed by atoms with E-state index >= 15 is 0 Å². The smallest absolute Gasteiger partial charge is 0.265 e. The van der Waals surface area contributed by atoms with Crippen LogP contribution < -0.4 is 19.5 Å². The molecule has 2 N–H and O–H groups in total. The number of rotatable bonds is 6. The van der Waals surface area contributed by atoms with Crippen molar-refractivity contribution in [3.8, 4) is 11.5 Å². The van der Waals surface area contributed by atoms with Gasteiger partial charge in [-0.25, -0.2) is 8.42 Å². The van der Waals surface area contributed by atoms with E-state index in [0.717, 1.165) is 5.56 Å². The van der Waals surface area contributed by atoms with Crippen molar-refractivity contribution in [2.24, 2.45) is 0 Å². The Hall–Kier alpha value is -3.23. The molecule has 0 fully saturated rings. The van der Waals surface area contributed by atoms with Crippen molar-refractivity contribution in [3.63, 3.8) is 0 Å². The lowest BCUT2D eigenvalue weighted by Gasteiger charge is -2.15. The molecule has 1 heterocycles. The van der Waals surface area contributed by atoms with Crippen LogP contribution in [0.25, 0.3) is 0 Å². The van der Waals surface area contributed by atoms with Gasteiger partial charge in [-0.2, -0.15) is 0 Å². The molecule has 0 aliphatic carbocycles. The number of ether oxygens (including phenoxy) is 2. The number of carbonyl (C=O) groups excluding carboxylic acids is 1. The lowest BCUT2D eigenvalue weighted by Crippen LogP contribution is -2.31. The molecule has 0 saturated carbocycles. The molecule has 9 heteroatoms. The monoisotopic (exact) mass is 472 g/mol. The number of anilines is 2. The molecule has 1 amide bonds. The van der Waals surface area contributed by atoms with Gasteiger partial charge < -0.3 is 14.8 Å². The fourth-order valence-corrected chi connectivity index (χ4v) is 5.02. The number of benzene rings is 3. The number of methoxy groups -OCH3 is 1.